The molecule has 2 aromatic carbocycles. The van der Waals surface area contributed by atoms with Crippen LogP contribution in [0.15, 0.2) is 58.3 Å². The summed E-state index contributed by atoms with van der Waals surface area (Å²) in [5.41, 5.74) is 1.27. The van der Waals surface area contributed by atoms with Gasteiger partial charge in [-0.3, -0.25) is 9.59 Å². The van der Waals surface area contributed by atoms with Gasteiger partial charge in [0.15, 0.2) is 0 Å². The molecular formula is C18H20N2O3S2. The number of anilines is 1. The molecule has 0 aromatic heterocycles. The van der Waals surface area contributed by atoms with Crippen LogP contribution >= 0.6 is 23.5 Å². The van der Waals surface area contributed by atoms with Crippen molar-refractivity contribution in [3.05, 3.63) is 54.1 Å². The fourth-order valence-electron chi connectivity index (χ4n) is 2.14. The Balaban J connectivity index is 1.89. The monoisotopic (exact) mass is 376 g/mol. The number of carbonyl (C=O) groups is 2. The van der Waals surface area contributed by atoms with Crippen molar-refractivity contribution >= 4 is 41.0 Å². The summed E-state index contributed by atoms with van der Waals surface area (Å²) in [5, 5.41) is 15.2. The van der Waals surface area contributed by atoms with Crippen molar-refractivity contribution in [1.29, 1.82) is 0 Å². The summed E-state index contributed by atoms with van der Waals surface area (Å²) in [6.07, 6.45) is 2.99. The molecule has 0 saturated heterocycles. The van der Waals surface area contributed by atoms with Gasteiger partial charge in [0, 0.05) is 16.3 Å². The molecule has 0 fully saturated rings. The Kier molecular flexibility index (Phi) is 7.36. The van der Waals surface area contributed by atoms with Gasteiger partial charge in [0.05, 0.1) is 11.8 Å². The van der Waals surface area contributed by atoms with E-state index in [1.165, 1.54) is 11.8 Å². The van der Waals surface area contributed by atoms with Crippen LogP contribution in [0.1, 0.15) is 11.7 Å². The molecule has 3 N–H and O–H groups in total. The molecule has 0 heterocycles. The third-order valence-corrected chi connectivity index (χ3v) is 5.06. The molecule has 7 heteroatoms. The average molecular weight is 377 g/mol. The van der Waals surface area contributed by atoms with Gasteiger partial charge < -0.3 is 15.7 Å². The van der Waals surface area contributed by atoms with Crippen LogP contribution in [0.3, 0.4) is 0 Å². The molecule has 2 rings (SSSR count). The van der Waals surface area contributed by atoms with Gasteiger partial charge in [0.1, 0.15) is 0 Å². The number of rotatable bonds is 6. The van der Waals surface area contributed by atoms with E-state index in [1.807, 2.05) is 36.8 Å². The van der Waals surface area contributed by atoms with E-state index in [1.54, 1.807) is 36.0 Å². The van der Waals surface area contributed by atoms with Gasteiger partial charge in [-0.1, -0.05) is 24.3 Å². The molecule has 132 valence electrons. The summed E-state index contributed by atoms with van der Waals surface area (Å²) in [4.78, 5) is 25.9. The highest BCUT2D eigenvalue weighted by atomic mass is 32.2. The average Bonchev–Trinajstić information content (AvgIpc) is 2.66. The van der Waals surface area contributed by atoms with Crippen LogP contribution in [0.2, 0.25) is 0 Å². The van der Waals surface area contributed by atoms with Gasteiger partial charge in [0.2, 0.25) is 0 Å². The quantitative estimate of drug-likeness (QED) is 0.534. The van der Waals surface area contributed by atoms with E-state index < -0.39 is 17.9 Å². The second kappa shape index (κ2) is 9.50. The number of thioether (sulfide) groups is 2. The van der Waals surface area contributed by atoms with E-state index in [4.69, 9.17) is 0 Å². The minimum absolute atomic E-state index is 0.0327. The smallest absolute Gasteiger partial charge is 0.313 e. The first kappa shape index (κ1) is 19.4. The SMILES string of the molecule is CSc1ccc(C(O)CNC(=O)C(=O)Nc2ccccc2SC)cc1. The van der Waals surface area contributed by atoms with Crippen LogP contribution in [0.25, 0.3) is 0 Å². The summed E-state index contributed by atoms with van der Waals surface area (Å²) in [6.45, 7) is -0.0327. The van der Waals surface area contributed by atoms with Crippen molar-refractivity contribution in [3.8, 4) is 0 Å². The number of nitrogens with one attached hydrogen (secondary N) is 2. The number of carbonyl (C=O) groups excluding carboxylic acids is 2. The molecule has 25 heavy (non-hydrogen) atoms. The van der Waals surface area contributed by atoms with E-state index in [0.29, 0.717) is 11.3 Å². The Morgan fingerprint density at radius 3 is 2.32 bits per heavy atom. The van der Waals surface area contributed by atoms with E-state index in [-0.39, 0.29) is 6.54 Å². The fourth-order valence-corrected chi connectivity index (χ4v) is 3.10. The first-order valence-electron chi connectivity index (χ1n) is 7.59. The molecule has 0 aliphatic heterocycles. The van der Waals surface area contributed by atoms with Crippen molar-refractivity contribution in [2.75, 3.05) is 24.4 Å². The molecule has 2 aromatic rings. The van der Waals surface area contributed by atoms with Crippen LogP contribution in [0.4, 0.5) is 5.69 Å². The highest BCUT2D eigenvalue weighted by Gasteiger charge is 2.17. The minimum atomic E-state index is -0.869. The Labute approximate surface area is 155 Å². The third kappa shape index (κ3) is 5.52. The molecule has 2 amide bonds. The zero-order valence-electron chi connectivity index (χ0n) is 14.0. The first-order chi connectivity index (χ1) is 12.0. The highest BCUT2D eigenvalue weighted by Crippen LogP contribution is 2.24. The lowest BCUT2D eigenvalue weighted by atomic mass is 10.1. The molecule has 1 unspecified atom stereocenters. The molecule has 0 aliphatic carbocycles. The standard InChI is InChI=1S/C18H20N2O3S2/c1-24-13-9-7-12(8-10-13)15(21)11-19-17(22)18(23)20-14-5-3-4-6-16(14)25-2/h3-10,15,21H,11H2,1-2H3,(H,19,22)(H,20,23). The zero-order chi connectivity index (χ0) is 18.2. The molecule has 0 bridgehead atoms. The topological polar surface area (TPSA) is 78.4 Å². The summed E-state index contributed by atoms with van der Waals surface area (Å²) in [5.74, 6) is -1.54. The second-order valence-electron chi connectivity index (χ2n) is 5.15. The van der Waals surface area contributed by atoms with E-state index in [2.05, 4.69) is 10.6 Å². The van der Waals surface area contributed by atoms with Crippen molar-refractivity contribution in [1.82, 2.24) is 5.32 Å². The fraction of sp³-hybridized carbons (Fsp3) is 0.222. The lowest BCUT2D eigenvalue weighted by Crippen LogP contribution is -2.37. The summed E-state index contributed by atoms with van der Waals surface area (Å²) >= 11 is 3.09. The lowest BCUT2D eigenvalue weighted by Gasteiger charge is -2.13. The molecule has 1 atom stereocenters. The van der Waals surface area contributed by atoms with Crippen LogP contribution < -0.4 is 10.6 Å². The number of aliphatic hydroxyl groups excluding tert-OH is 1. The minimum Gasteiger partial charge on any atom is -0.387 e. The Morgan fingerprint density at radius 2 is 1.68 bits per heavy atom. The number of amides is 2. The predicted molar refractivity (Wildman–Crippen MR) is 103 cm³/mol. The second-order valence-corrected chi connectivity index (χ2v) is 6.88. The number of aliphatic hydroxyl groups is 1. The van der Waals surface area contributed by atoms with Crippen molar-refractivity contribution < 1.29 is 14.7 Å². The lowest BCUT2D eigenvalue weighted by molar-refractivity contribution is -0.136. The van der Waals surface area contributed by atoms with Crippen LogP contribution in [0, 0.1) is 0 Å². The molecule has 5 nitrogen and oxygen atoms in total. The van der Waals surface area contributed by atoms with Gasteiger partial charge in [0.25, 0.3) is 0 Å². The predicted octanol–water partition coefficient (Wildman–Crippen LogP) is 2.92. The highest BCUT2D eigenvalue weighted by molar-refractivity contribution is 7.99. The van der Waals surface area contributed by atoms with Crippen molar-refractivity contribution in [2.45, 2.75) is 15.9 Å². The summed E-state index contributed by atoms with van der Waals surface area (Å²) < 4.78 is 0. The molecule has 0 aliphatic rings. The summed E-state index contributed by atoms with van der Waals surface area (Å²) in [6, 6.07) is 14.7. The molecule has 0 saturated carbocycles. The molecule has 0 radical (unpaired) electrons. The zero-order valence-corrected chi connectivity index (χ0v) is 15.6. The van der Waals surface area contributed by atoms with E-state index >= 15 is 0 Å². The van der Waals surface area contributed by atoms with Gasteiger partial charge in [-0.2, -0.15) is 0 Å². The maximum Gasteiger partial charge on any atom is 0.313 e. The third-order valence-electron chi connectivity index (χ3n) is 3.52. The van der Waals surface area contributed by atoms with Crippen LogP contribution in [-0.4, -0.2) is 36.0 Å². The largest absolute Gasteiger partial charge is 0.387 e. The molecular weight excluding hydrogens is 356 g/mol. The van der Waals surface area contributed by atoms with E-state index in [9.17, 15) is 14.7 Å². The summed E-state index contributed by atoms with van der Waals surface area (Å²) in [7, 11) is 0. The Bertz CT molecular complexity index is 735. The number of hydrogen-bond acceptors (Lipinski definition) is 5. The van der Waals surface area contributed by atoms with Crippen LogP contribution in [-0.2, 0) is 9.59 Å². The Morgan fingerprint density at radius 1 is 1.00 bits per heavy atom. The van der Waals surface area contributed by atoms with Gasteiger partial charge >= 0.3 is 11.8 Å². The maximum absolute atomic E-state index is 12.0. The first-order valence-corrected chi connectivity index (χ1v) is 10.0. The van der Waals surface area contributed by atoms with Crippen molar-refractivity contribution in [3.63, 3.8) is 0 Å². The van der Waals surface area contributed by atoms with Gasteiger partial charge in [-0.05, 0) is 42.3 Å². The normalized spacial score (nSPS) is 11.6. The number of para-hydroxylation sites is 1. The van der Waals surface area contributed by atoms with Gasteiger partial charge in [-0.15, -0.1) is 23.5 Å². The number of benzene rings is 2. The van der Waals surface area contributed by atoms with Crippen LogP contribution in [0.5, 0.6) is 0 Å². The maximum atomic E-state index is 12.0. The number of hydrogen-bond donors (Lipinski definition) is 3. The van der Waals surface area contributed by atoms with E-state index in [0.717, 1.165) is 9.79 Å². The molecule has 0 spiro atoms. The van der Waals surface area contributed by atoms with Crippen molar-refractivity contribution in [2.24, 2.45) is 0 Å². The Hall–Kier alpha value is -1.96. The van der Waals surface area contributed by atoms with Gasteiger partial charge in [-0.25, -0.2) is 0 Å².